The van der Waals surface area contributed by atoms with Crippen molar-refractivity contribution >= 4 is 11.0 Å². The summed E-state index contributed by atoms with van der Waals surface area (Å²) in [6, 6.07) is 17.3. The number of nitrogens with zero attached hydrogens (tertiary/aromatic N) is 2. The van der Waals surface area contributed by atoms with Gasteiger partial charge in [-0.15, -0.1) is 0 Å². The van der Waals surface area contributed by atoms with E-state index in [1.54, 1.807) is 7.11 Å². The van der Waals surface area contributed by atoms with Crippen LogP contribution in [-0.4, -0.2) is 11.7 Å². The van der Waals surface area contributed by atoms with Crippen LogP contribution < -0.4 is 9.30 Å². The Morgan fingerprint density at radius 3 is 1.94 bits per heavy atom. The summed E-state index contributed by atoms with van der Waals surface area (Å²) in [5, 5.41) is 0. The van der Waals surface area contributed by atoms with E-state index in [0.29, 0.717) is 0 Å². The predicted molar refractivity (Wildman–Crippen MR) is 149 cm³/mol. The number of ether oxygens (including phenoxy) is 1. The summed E-state index contributed by atoms with van der Waals surface area (Å²) in [6.07, 6.45) is 19.7. The number of fused-ring (bicyclic) bond motifs is 1. The van der Waals surface area contributed by atoms with Gasteiger partial charge in [-0.3, -0.25) is 0 Å². The van der Waals surface area contributed by atoms with Crippen LogP contribution in [0.5, 0.6) is 5.75 Å². The highest BCUT2D eigenvalue weighted by molar-refractivity contribution is 5.72. The third-order valence-electron chi connectivity index (χ3n) is 7.45. The van der Waals surface area contributed by atoms with Crippen LogP contribution in [0, 0.1) is 6.92 Å². The van der Waals surface area contributed by atoms with Crippen LogP contribution in [0.4, 0.5) is 0 Å². The molecule has 1 aromatic heterocycles. The van der Waals surface area contributed by atoms with Crippen molar-refractivity contribution in [1.82, 2.24) is 4.57 Å². The Kier molecular flexibility index (Phi) is 12.2. The maximum absolute atomic E-state index is 5.44. The number of aryl methyl sites for hydroxylation is 1. The van der Waals surface area contributed by atoms with Crippen molar-refractivity contribution in [3.05, 3.63) is 59.9 Å². The molecule has 0 N–H and O–H groups in total. The zero-order valence-electron chi connectivity index (χ0n) is 22.7. The number of imidazole rings is 1. The molecule has 35 heavy (non-hydrogen) atoms. The lowest BCUT2D eigenvalue weighted by Crippen LogP contribution is -2.37. The fourth-order valence-electron chi connectivity index (χ4n) is 5.31. The van der Waals surface area contributed by atoms with Gasteiger partial charge in [-0.05, 0) is 42.7 Å². The molecule has 0 atom stereocenters. The Balaban J connectivity index is 1.39. The highest BCUT2D eigenvalue weighted by Gasteiger charge is 2.21. The summed E-state index contributed by atoms with van der Waals surface area (Å²) >= 11 is 0. The van der Waals surface area contributed by atoms with Gasteiger partial charge in [0.25, 0.3) is 5.82 Å². The standard InChI is InChI=1S/C32H49N2O/c1-4-5-6-7-8-9-10-11-12-13-14-15-16-19-25-33-28(2)34(32-24-18-17-23-31(32)33)27-29-21-20-22-30(26-29)35-3/h17-18,20-24,26H,4-16,19,25,27H2,1-3H3/q+1. The number of aromatic nitrogens is 2. The Bertz CT molecular complexity index is 990. The number of methoxy groups -OCH3 is 1. The maximum atomic E-state index is 5.44. The Morgan fingerprint density at radius 2 is 1.31 bits per heavy atom. The molecule has 0 fully saturated rings. The average Bonchev–Trinajstić information content (AvgIpc) is 3.15. The first kappa shape index (κ1) is 27.3. The van der Waals surface area contributed by atoms with Crippen LogP contribution in [0.3, 0.4) is 0 Å². The molecule has 1 heterocycles. The van der Waals surface area contributed by atoms with Gasteiger partial charge in [-0.2, -0.15) is 0 Å². The van der Waals surface area contributed by atoms with E-state index < -0.39 is 0 Å². The summed E-state index contributed by atoms with van der Waals surface area (Å²) in [4.78, 5) is 0. The smallest absolute Gasteiger partial charge is 0.254 e. The first-order chi connectivity index (χ1) is 17.2. The van der Waals surface area contributed by atoms with Gasteiger partial charge in [0.2, 0.25) is 0 Å². The molecule has 0 bridgehead atoms. The second kappa shape index (κ2) is 15.7. The zero-order valence-corrected chi connectivity index (χ0v) is 22.7. The van der Waals surface area contributed by atoms with Gasteiger partial charge in [0.05, 0.1) is 13.7 Å². The van der Waals surface area contributed by atoms with E-state index in [0.717, 1.165) is 18.8 Å². The number of rotatable bonds is 18. The van der Waals surface area contributed by atoms with Gasteiger partial charge < -0.3 is 4.74 Å². The van der Waals surface area contributed by atoms with Crippen LogP contribution in [-0.2, 0) is 13.1 Å². The number of benzene rings is 2. The molecule has 0 radical (unpaired) electrons. The molecule has 3 heteroatoms. The lowest BCUT2D eigenvalue weighted by molar-refractivity contribution is -0.669. The summed E-state index contributed by atoms with van der Waals surface area (Å²) in [6.45, 7) is 6.54. The van der Waals surface area contributed by atoms with Gasteiger partial charge in [0.15, 0.2) is 11.0 Å². The van der Waals surface area contributed by atoms with E-state index in [1.165, 1.54) is 112 Å². The molecule has 0 unspecified atom stereocenters. The average molecular weight is 478 g/mol. The van der Waals surface area contributed by atoms with Gasteiger partial charge >= 0.3 is 0 Å². The van der Waals surface area contributed by atoms with Gasteiger partial charge in [0, 0.05) is 6.92 Å². The molecular weight excluding hydrogens is 428 g/mol. The first-order valence-corrected chi connectivity index (χ1v) is 14.3. The van der Waals surface area contributed by atoms with Crippen molar-refractivity contribution in [3.63, 3.8) is 0 Å². The van der Waals surface area contributed by atoms with Crippen LogP contribution >= 0.6 is 0 Å². The van der Waals surface area contributed by atoms with E-state index in [-0.39, 0.29) is 0 Å². The quantitative estimate of drug-likeness (QED) is 0.132. The molecule has 0 spiro atoms. The van der Waals surface area contributed by atoms with Gasteiger partial charge in [-0.1, -0.05) is 108 Å². The van der Waals surface area contributed by atoms with Crippen molar-refractivity contribution < 1.29 is 9.30 Å². The summed E-state index contributed by atoms with van der Waals surface area (Å²) in [5.41, 5.74) is 3.94. The van der Waals surface area contributed by atoms with Crippen molar-refractivity contribution in [2.24, 2.45) is 0 Å². The van der Waals surface area contributed by atoms with Gasteiger partial charge in [-0.25, -0.2) is 9.13 Å². The zero-order chi connectivity index (χ0) is 24.7. The van der Waals surface area contributed by atoms with E-state index in [1.807, 2.05) is 6.07 Å². The minimum Gasteiger partial charge on any atom is -0.497 e. The number of unbranched alkanes of at least 4 members (excludes halogenated alkanes) is 13. The fourth-order valence-corrected chi connectivity index (χ4v) is 5.31. The third-order valence-corrected chi connectivity index (χ3v) is 7.45. The molecule has 192 valence electrons. The topological polar surface area (TPSA) is 18.0 Å². The van der Waals surface area contributed by atoms with Crippen molar-refractivity contribution in [2.75, 3.05) is 7.11 Å². The third kappa shape index (κ3) is 8.70. The van der Waals surface area contributed by atoms with Crippen molar-refractivity contribution in [3.8, 4) is 5.75 Å². The molecule has 0 saturated heterocycles. The number of hydrogen-bond donors (Lipinski definition) is 0. The predicted octanol–water partition coefficient (Wildman–Crippen LogP) is 8.78. The summed E-state index contributed by atoms with van der Waals surface area (Å²) < 4.78 is 10.4. The normalized spacial score (nSPS) is 11.4. The summed E-state index contributed by atoms with van der Waals surface area (Å²) in [5.74, 6) is 2.26. The first-order valence-electron chi connectivity index (χ1n) is 14.3. The van der Waals surface area contributed by atoms with E-state index >= 15 is 0 Å². The SMILES string of the molecule is CCCCCCCCCCCCCCCCn1c(C)[n+](Cc2cccc(OC)c2)c2ccccc21. The molecule has 0 aliphatic heterocycles. The van der Waals surface area contributed by atoms with E-state index in [2.05, 4.69) is 65.4 Å². The highest BCUT2D eigenvalue weighted by Crippen LogP contribution is 2.19. The Labute approximate surface area is 214 Å². The van der Waals surface area contributed by atoms with Crippen molar-refractivity contribution in [1.29, 1.82) is 0 Å². The van der Waals surface area contributed by atoms with E-state index in [9.17, 15) is 0 Å². The Morgan fingerprint density at radius 1 is 0.714 bits per heavy atom. The van der Waals surface area contributed by atoms with Crippen LogP contribution in [0.2, 0.25) is 0 Å². The fraction of sp³-hybridized carbons (Fsp3) is 0.594. The summed E-state index contributed by atoms with van der Waals surface area (Å²) in [7, 11) is 1.74. The van der Waals surface area contributed by atoms with Gasteiger partial charge in [0.1, 0.15) is 12.3 Å². The number of para-hydroxylation sites is 2. The monoisotopic (exact) mass is 477 g/mol. The molecule has 0 aliphatic carbocycles. The lowest BCUT2D eigenvalue weighted by atomic mass is 10.0. The molecular formula is C32H49N2O+. The largest absolute Gasteiger partial charge is 0.497 e. The molecule has 3 aromatic rings. The van der Waals surface area contributed by atoms with Crippen molar-refractivity contribution in [2.45, 2.75) is 117 Å². The molecule has 3 rings (SSSR count). The van der Waals surface area contributed by atoms with Crippen LogP contribution in [0.25, 0.3) is 11.0 Å². The number of hydrogen-bond acceptors (Lipinski definition) is 1. The molecule has 0 saturated carbocycles. The second-order valence-electron chi connectivity index (χ2n) is 10.2. The van der Waals surface area contributed by atoms with Crippen LogP contribution in [0.1, 0.15) is 108 Å². The lowest BCUT2D eigenvalue weighted by Gasteiger charge is -2.05. The minimum absolute atomic E-state index is 0.870. The minimum atomic E-state index is 0.870. The van der Waals surface area contributed by atoms with E-state index in [4.69, 9.17) is 4.74 Å². The van der Waals surface area contributed by atoms with Crippen LogP contribution in [0.15, 0.2) is 48.5 Å². The second-order valence-corrected chi connectivity index (χ2v) is 10.2. The molecule has 2 aromatic carbocycles. The highest BCUT2D eigenvalue weighted by atomic mass is 16.5. The molecule has 0 aliphatic rings. The Hall–Kier alpha value is -2.29. The molecule has 0 amide bonds. The maximum Gasteiger partial charge on any atom is 0.254 e. The molecule has 3 nitrogen and oxygen atoms in total.